The summed E-state index contributed by atoms with van der Waals surface area (Å²) in [7, 11) is 0. The third-order valence-corrected chi connectivity index (χ3v) is 4.47. The number of benzene rings is 1. The molecule has 0 aliphatic carbocycles. The maximum absolute atomic E-state index is 12.1. The van der Waals surface area contributed by atoms with E-state index in [9.17, 15) is 14.7 Å². The number of rotatable bonds is 4. The molecule has 5 heteroatoms. The number of amides is 1. The number of piperidine rings is 1. The number of anilines is 1. The van der Waals surface area contributed by atoms with Gasteiger partial charge in [-0.2, -0.15) is 0 Å². The first-order valence-corrected chi connectivity index (χ1v) is 8.20. The molecule has 0 spiro atoms. The monoisotopic (exact) mass is 318 g/mol. The van der Waals surface area contributed by atoms with Gasteiger partial charge in [0.15, 0.2) is 6.54 Å². The molecule has 1 fully saturated rings. The molecule has 0 unspecified atom stereocenters. The molecule has 5 nitrogen and oxygen atoms in total. The summed E-state index contributed by atoms with van der Waals surface area (Å²) >= 11 is 0. The van der Waals surface area contributed by atoms with E-state index in [2.05, 4.69) is 26.1 Å². The fourth-order valence-corrected chi connectivity index (χ4v) is 2.92. The highest BCUT2D eigenvalue weighted by atomic mass is 16.4. The molecular formula is C18H26N2O3. The minimum absolute atomic E-state index is 0.0320. The van der Waals surface area contributed by atoms with Gasteiger partial charge in [-0.15, -0.1) is 0 Å². The van der Waals surface area contributed by atoms with E-state index in [4.69, 9.17) is 0 Å². The number of hydrogen-bond donors (Lipinski definition) is 2. The van der Waals surface area contributed by atoms with Gasteiger partial charge in [0.25, 0.3) is 5.91 Å². The van der Waals surface area contributed by atoms with Crippen LogP contribution in [0.3, 0.4) is 0 Å². The first-order valence-electron chi connectivity index (χ1n) is 8.20. The maximum Gasteiger partial charge on any atom is 0.279 e. The Balaban J connectivity index is 1.82. The van der Waals surface area contributed by atoms with Crippen LogP contribution in [0.4, 0.5) is 5.69 Å². The van der Waals surface area contributed by atoms with Gasteiger partial charge < -0.3 is 20.1 Å². The largest absolute Gasteiger partial charge is 0.550 e. The van der Waals surface area contributed by atoms with E-state index in [0.29, 0.717) is 32.5 Å². The van der Waals surface area contributed by atoms with Crippen molar-refractivity contribution in [2.24, 2.45) is 5.92 Å². The third kappa shape index (κ3) is 5.06. The van der Waals surface area contributed by atoms with Crippen LogP contribution >= 0.6 is 0 Å². The summed E-state index contributed by atoms with van der Waals surface area (Å²) in [4.78, 5) is 24.1. The van der Waals surface area contributed by atoms with Crippen molar-refractivity contribution >= 4 is 17.6 Å². The fraction of sp³-hybridized carbons (Fsp3) is 0.556. The van der Waals surface area contributed by atoms with E-state index in [0.717, 1.165) is 10.6 Å². The van der Waals surface area contributed by atoms with Crippen molar-refractivity contribution in [2.45, 2.75) is 39.0 Å². The second kappa shape index (κ2) is 7.13. The van der Waals surface area contributed by atoms with Crippen LogP contribution in [0.15, 0.2) is 24.3 Å². The van der Waals surface area contributed by atoms with Gasteiger partial charge in [0.05, 0.1) is 13.1 Å². The molecule has 0 bridgehead atoms. The Morgan fingerprint density at radius 3 is 2.22 bits per heavy atom. The number of nitrogens with one attached hydrogen (secondary N) is 2. The topological polar surface area (TPSA) is 73.7 Å². The molecular weight excluding hydrogens is 292 g/mol. The van der Waals surface area contributed by atoms with Crippen LogP contribution in [0.2, 0.25) is 0 Å². The van der Waals surface area contributed by atoms with Gasteiger partial charge >= 0.3 is 0 Å². The molecule has 1 heterocycles. The van der Waals surface area contributed by atoms with Crippen molar-refractivity contribution in [2.75, 3.05) is 25.0 Å². The van der Waals surface area contributed by atoms with Crippen LogP contribution in [0.5, 0.6) is 0 Å². The van der Waals surface area contributed by atoms with Gasteiger partial charge in [0.1, 0.15) is 0 Å². The van der Waals surface area contributed by atoms with Crippen LogP contribution in [0.1, 0.15) is 39.2 Å². The molecule has 0 atom stereocenters. The van der Waals surface area contributed by atoms with Crippen LogP contribution in [0.25, 0.3) is 0 Å². The number of carboxylic acids is 1. The fourth-order valence-electron chi connectivity index (χ4n) is 2.92. The molecule has 1 aromatic rings. The Kier molecular flexibility index (Phi) is 5.42. The zero-order valence-electron chi connectivity index (χ0n) is 14.1. The van der Waals surface area contributed by atoms with E-state index in [1.807, 2.05) is 24.3 Å². The first kappa shape index (κ1) is 17.5. The van der Waals surface area contributed by atoms with E-state index < -0.39 is 5.97 Å². The number of carbonyl (C=O) groups is 2. The molecule has 1 amide bonds. The van der Waals surface area contributed by atoms with Crippen molar-refractivity contribution in [1.82, 2.24) is 0 Å². The summed E-state index contributed by atoms with van der Waals surface area (Å²) in [6.07, 6.45) is 1.18. The van der Waals surface area contributed by atoms with Crippen molar-refractivity contribution < 1.29 is 19.6 Å². The Morgan fingerprint density at radius 1 is 1.17 bits per heavy atom. The van der Waals surface area contributed by atoms with Gasteiger partial charge in [0.2, 0.25) is 0 Å². The van der Waals surface area contributed by atoms with Gasteiger partial charge in [-0.3, -0.25) is 4.79 Å². The minimum Gasteiger partial charge on any atom is -0.550 e. The van der Waals surface area contributed by atoms with E-state index >= 15 is 0 Å². The quantitative estimate of drug-likeness (QED) is 0.819. The molecule has 23 heavy (non-hydrogen) atoms. The Hall–Kier alpha value is -1.88. The highest BCUT2D eigenvalue weighted by Crippen LogP contribution is 2.23. The molecule has 2 rings (SSSR count). The van der Waals surface area contributed by atoms with E-state index in [-0.39, 0.29) is 17.2 Å². The van der Waals surface area contributed by atoms with Gasteiger partial charge in [-0.25, -0.2) is 0 Å². The maximum atomic E-state index is 12.1. The number of carbonyl (C=O) groups excluding carboxylic acids is 2. The Morgan fingerprint density at radius 2 is 1.74 bits per heavy atom. The van der Waals surface area contributed by atoms with Crippen LogP contribution in [0, 0.1) is 5.92 Å². The molecule has 1 aromatic carbocycles. The number of hydrogen-bond acceptors (Lipinski definition) is 3. The number of quaternary nitrogens is 1. The van der Waals surface area contributed by atoms with Gasteiger partial charge in [0, 0.05) is 30.4 Å². The highest BCUT2D eigenvalue weighted by molar-refractivity contribution is 5.91. The summed E-state index contributed by atoms with van der Waals surface area (Å²) in [5, 5.41) is 13.7. The highest BCUT2D eigenvalue weighted by Gasteiger charge is 2.24. The summed E-state index contributed by atoms with van der Waals surface area (Å²) in [6.45, 7) is 8.24. The lowest BCUT2D eigenvalue weighted by Gasteiger charge is -2.29. The molecule has 0 saturated carbocycles. The second-order valence-electron chi connectivity index (χ2n) is 7.40. The normalized spacial score (nSPS) is 21.7. The summed E-state index contributed by atoms with van der Waals surface area (Å²) in [5.41, 5.74) is 2.12. The zero-order valence-corrected chi connectivity index (χ0v) is 14.1. The minimum atomic E-state index is -0.965. The van der Waals surface area contributed by atoms with Crippen molar-refractivity contribution in [3.05, 3.63) is 29.8 Å². The lowest BCUT2D eigenvalue weighted by atomic mass is 9.87. The van der Waals surface area contributed by atoms with Gasteiger partial charge in [-0.05, 0) is 23.1 Å². The summed E-state index contributed by atoms with van der Waals surface area (Å²) in [6, 6.07) is 7.92. The smallest absolute Gasteiger partial charge is 0.279 e. The lowest BCUT2D eigenvalue weighted by molar-refractivity contribution is -0.897. The number of likely N-dealkylation sites (tertiary alicyclic amines) is 1. The number of carboxylic acid groups (broad SMARTS) is 1. The summed E-state index contributed by atoms with van der Waals surface area (Å²) < 4.78 is 0. The average Bonchev–Trinajstić information content (AvgIpc) is 2.47. The molecule has 1 aliphatic heterocycles. The zero-order chi connectivity index (χ0) is 17.0. The third-order valence-electron chi connectivity index (χ3n) is 4.47. The van der Waals surface area contributed by atoms with Crippen LogP contribution in [-0.2, 0) is 15.0 Å². The molecule has 1 saturated heterocycles. The Labute approximate surface area is 137 Å². The number of aliphatic carboxylic acids is 1. The average molecular weight is 318 g/mol. The predicted octanol–water partition coefficient (Wildman–Crippen LogP) is -0.0326. The molecule has 0 radical (unpaired) electrons. The van der Waals surface area contributed by atoms with Crippen molar-refractivity contribution in [3.8, 4) is 0 Å². The van der Waals surface area contributed by atoms with E-state index in [1.165, 1.54) is 5.56 Å². The Bertz CT molecular complexity index is 553. The van der Waals surface area contributed by atoms with Gasteiger partial charge in [-0.1, -0.05) is 32.9 Å². The summed E-state index contributed by atoms with van der Waals surface area (Å²) in [5.74, 6) is -1.35. The van der Waals surface area contributed by atoms with Crippen LogP contribution in [-0.4, -0.2) is 31.5 Å². The molecule has 126 valence electrons. The SMILES string of the molecule is CC(C)(C)c1ccc(NC(=O)C[NH+]2CCC(C(=O)[O-])CC2)cc1. The lowest BCUT2D eigenvalue weighted by Crippen LogP contribution is -3.14. The van der Waals surface area contributed by atoms with Crippen LogP contribution < -0.4 is 15.3 Å². The van der Waals surface area contributed by atoms with E-state index in [1.54, 1.807) is 0 Å². The standard InChI is InChI=1S/C18H26N2O3/c1-18(2,3)14-4-6-15(7-5-14)19-16(21)12-20-10-8-13(9-11-20)17(22)23/h4-7,13H,8-12H2,1-3H3,(H,19,21)(H,22,23). The molecule has 2 N–H and O–H groups in total. The first-order chi connectivity index (χ1) is 10.8. The molecule has 1 aliphatic rings. The predicted molar refractivity (Wildman–Crippen MR) is 87.1 cm³/mol. The van der Waals surface area contributed by atoms with Crippen molar-refractivity contribution in [1.29, 1.82) is 0 Å². The second-order valence-corrected chi connectivity index (χ2v) is 7.40. The molecule has 0 aromatic heterocycles. The van der Waals surface area contributed by atoms with Crippen molar-refractivity contribution in [3.63, 3.8) is 0 Å².